The minimum absolute atomic E-state index is 0.128. The van der Waals surface area contributed by atoms with Gasteiger partial charge in [-0.3, -0.25) is 14.5 Å². The Kier molecular flexibility index (Phi) is 7.03. The number of anilines is 2. The number of nitrogens with zero attached hydrogens (tertiary/aromatic N) is 4. The maximum Gasteiger partial charge on any atom is 0.286 e. The van der Waals surface area contributed by atoms with Gasteiger partial charge in [-0.1, -0.05) is 41.7 Å². The second-order valence-electron chi connectivity index (χ2n) is 7.27. The maximum absolute atomic E-state index is 13.9. The van der Waals surface area contributed by atoms with Crippen LogP contribution in [0.15, 0.2) is 54.6 Å². The Hall–Kier alpha value is -3.37. The maximum atomic E-state index is 13.9. The lowest BCUT2D eigenvalue weighted by molar-refractivity contribution is 0.0945. The number of carbonyl (C=O) groups excluding carboxylic acids is 2. The Bertz CT molecular complexity index is 1070. The predicted molar refractivity (Wildman–Crippen MR) is 122 cm³/mol. The van der Waals surface area contributed by atoms with Gasteiger partial charge in [0.25, 0.3) is 11.8 Å². The number of amides is 2. The van der Waals surface area contributed by atoms with E-state index < -0.39 is 5.91 Å². The summed E-state index contributed by atoms with van der Waals surface area (Å²) in [4.78, 5) is 28.9. The molecule has 0 saturated carbocycles. The lowest BCUT2D eigenvalue weighted by Crippen LogP contribution is -2.48. The first-order valence-electron chi connectivity index (χ1n) is 10.3. The predicted octanol–water partition coefficient (Wildman–Crippen LogP) is 2.48. The summed E-state index contributed by atoms with van der Waals surface area (Å²) in [6, 6.07) is 15.8. The number of halogens is 1. The summed E-state index contributed by atoms with van der Waals surface area (Å²) in [5.74, 6) is -0.964. The molecule has 1 saturated heterocycles. The van der Waals surface area contributed by atoms with Crippen molar-refractivity contribution in [3.05, 3.63) is 70.4 Å². The van der Waals surface area contributed by atoms with E-state index in [4.69, 9.17) is 0 Å². The first-order valence-corrected chi connectivity index (χ1v) is 11.1. The van der Waals surface area contributed by atoms with Gasteiger partial charge >= 0.3 is 0 Å². The van der Waals surface area contributed by atoms with E-state index in [0.717, 1.165) is 37.5 Å². The van der Waals surface area contributed by atoms with Crippen LogP contribution < -0.4 is 15.5 Å². The van der Waals surface area contributed by atoms with Crippen molar-refractivity contribution in [3.8, 4) is 0 Å². The Balaban J connectivity index is 1.20. The van der Waals surface area contributed by atoms with Crippen molar-refractivity contribution in [2.75, 3.05) is 49.5 Å². The van der Waals surface area contributed by atoms with Crippen molar-refractivity contribution < 1.29 is 14.0 Å². The lowest BCUT2D eigenvalue weighted by atomic mass is 10.2. The van der Waals surface area contributed by atoms with Crippen molar-refractivity contribution in [3.63, 3.8) is 0 Å². The molecule has 1 aliphatic rings. The average Bonchev–Trinajstić information content (AvgIpc) is 3.31. The van der Waals surface area contributed by atoms with Crippen molar-refractivity contribution >= 4 is 34.5 Å². The summed E-state index contributed by atoms with van der Waals surface area (Å²) in [5, 5.41) is 13.5. The van der Waals surface area contributed by atoms with Gasteiger partial charge < -0.3 is 15.5 Å². The van der Waals surface area contributed by atoms with E-state index in [2.05, 4.69) is 25.7 Å². The molecule has 0 bridgehead atoms. The van der Waals surface area contributed by atoms with Gasteiger partial charge in [0.1, 0.15) is 5.82 Å². The van der Waals surface area contributed by atoms with Gasteiger partial charge in [0, 0.05) is 45.0 Å². The molecule has 1 aliphatic heterocycles. The zero-order valence-electron chi connectivity index (χ0n) is 17.3. The second-order valence-corrected chi connectivity index (χ2v) is 8.25. The van der Waals surface area contributed by atoms with Crippen LogP contribution in [-0.4, -0.2) is 66.2 Å². The summed E-state index contributed by atoms with van der Waals surface area (Å²) in [6.07, 6.45) is 0. The molecule has 0 radical (unpaired) electrons. The largest absolute Gasteiger partial charge is 0.367 e. The van der Waals surface area contributed by atoms with Gasteiger partial charge in [0.15, 0.2) is 0 Å². The van der Waals surface area contributed by atoms with Crippen molar-refractivity contribution in [2.24, 2.45) is 0 Å². The number of para-hydroxylation sites is 2. The molecule has 4 rings (SSSR count). The highest BCUT2D eigenvalue weighted by Gasteiger charge is 2.20. The number of piperazine rings is 1. The van der Waals surface area contributed by atoms with E-state index in [0.29, 0.717) is 24.5 Å². The molecule has 2 heterocycles. The molecule has 1 aromatic heterocycles. The van der Waals surface area contributed by atoms with Gasteiger partial charge in [0.05, 0.1) is 5.69 Å². The van der Waals surface area contributed by atoms with Gasteiger partial charge in [0.2, 0.25) is 10.0 Å². The lowest BCUT2D eigenvalue weighted by Gasteiger charge is -2.36. The highest BCUT2D eigenvalue weighted by Crippen LogP contribution is 2.20. The number of nitrogens with one attached hydrogen (secondary N) is 2. The number of carbonyl (C=O) groups is 2. The molecule has 166 valence electrons. The van der Waals surface area contributed by atoms with E-state index in [1.54, 1.807) is 24.3 Å². The van der Waals surface area contributed by atoms with Crippen LogP contribution in [-0.2, 0) is 0 Å². The van der Waals surface area contributed by atoms with Crippen molar-refractivity contribution in [2.45, 2.75) is 0 Å². The smallest absolute Gasteiger partial charge is 0.286 e. The number of benzene rings is 2. The van der Waals surface area contributed by atoms with E-state index in [9.17, 15) is 14.0 Å². The van der Waals surface area contributed by atoms with Crippen LogP contribution in [0.4, 0.5) is 15.8 Å². The Morgan fingerprint density at radius 2 is 1.56 bits per heavy atom. The molecule has 32 heavy (non-hydrogen) atoms. The number of rotatable bonds is 7. The fraction of sp³-hybridized carbons (Fsp3) is 0.273. The molecule has 0 spiro atoms. The molecule has 2 aromatic carbocycles. The molecule has 2 amide bonds. The quantitative estimate of drug-likeness (QED) is 0.570. The van der Waals surface area contributed by atoms with Crippen LogP contribution in [0.3, 0.4) is 0 Å². The summed E-state index contributed by atoms with van der Waals surface area (Å²) in [5.41, 5.74) is 1.28. The minimum atomic E-state index is -0.402. The van der Waals surface area contributed by atoms with Crippen molar-refractivity contribution in [1.82, 2.24) is 20.4 Å². The number of hydrogen-bond donors (Lipinski definition) is 2. The number of hydrogen-bond acceptors (Lipinski definition) is 7. The summed E-state index contributed by atoms with van der Waals surface area (Å²) in [7, 11) is 0. The highest BCUT2D eigenvalue weighted by atomic mass is 32.1. The third-order valence-corrected chi connectivity index (χ3v) is 6.04. The number of aromatic nitrogens is 2. The standard InChI is InChI=1S/C22H23FN6O2S/c23-17-8-4-5-9-18(17)29-14-12-28(13-15-29)11-10-24-19(30)21-26-27-22(32-21)20(31)25-16-6-2-1-3-7-16/h1-9H,10-15H2,(H,24,30)(H,25,31). The summed E-state index contributed by atoms with van der Waals surface area (Å²) < 4.78 is 13.9. The Morgan fingerprint density at radius 1 is 0.906 bits per heavy atom. The van der Waals surface area contributed by atoms with Crippen LogP contribution in [0, 0.1) is 5.82 Å². The molecule has 0 aliphatic carbocycles. The molecule has 2 N–H and O–H groups in total. The fourth-order valence-electron chi connectivity index (χ4n) is 3.44. The van der Waals surface area contributed by atoms with Crippen LogP contribution in [0.25, 0.3) is 0 Å². The Labute approximate surface area is 189 Å². The topological polar surface area (TPSA) is 90.5 Å². The Morgan fingerprint density at radius 3 is 2.28 bits per heavy atom. The third kappa shape index (κ3) is 5.45. The van der Waals surface area contributed by atoms with Crippen LogP contribution in [0.5, 0.6) is 0 Å². The summed E-state index contributed by atoms with van der Waals surface area (Å²) in [6.45, 7) is 4.15. The molecule has 0 unspecified atom stereocenters. The van der Waals surface area contributed by atoms with Gasteiger partial charge in [-0.15, -0.1) is 10.2 Å². The van der Waals surface area contributed by atoms with Gasteiger partial charge in [-0.05, 0) is 24.3 Å². The molecule has 1 fully saturated rings. The van der Waals surface area contributed by atoms with Gasteiger partial charge in [-0.25, -0.2) is 4.39 Å². The molecule has 0 atom stereocenters. The summed E-state index contributed by atoms with van der Waals surface area (Å²) >= 11 is 0.952. The van der Waals surface area contributed by atoms with Gasteiger partial charge in [-0.2, -0.15) is 0 Å². The average molecular weight is 455 g/mol. The first kappa shape index (κ1) is 21.8. The third-order valence-electron chi connectivity index (χ3n) is 5.12. The van der Waals surface area contributed by atoms with E-state index in [-0.39, 0.29) is 21.7 Å². The molecule has 3 aromatic rings. The molecule has 8 nitrogen and oxygen atoms in total. The zero-order chi connectivity index (χ0) is 22.3. The van der Waals surface area contributed by atoms with E-state index in [1.165, 1.54) is 6.07 Å². The SMILES string of the molecule is O=C(NCCN1CCN(c2ccccc2F)CC1)c1nnc(C(=O)Nc2ccccc2)s1. The fourth-order valence-corrected chi connectivity index (χ4v) is 4.09. The van der Waals surface area contributed by atoms with Crippen LogP contribution >= 0.6 is 11.3 Å². The second kappa shape index (κ2) is 10.3. The van der Waals surface area contributed by atoms with E-state index >= 15 is 0 Å². The molecule has 10 heteroatoms. The zero-order valence-corrected chi connectivity index (χ0v) is 18.1. The van der Waals surface area contributed by atoms with Crippen LogP contribution in [0.2, 0.25) is 0 Å². The monoisotopic (exact) mass is 454 g/mol. The molecular formula is C22H23FN6O2S. The van der Waals surface area contributed by atoms with E-state index in [1.807, 2.05) is 29.2 Å². The van der Waals surface area contributed by atoms with Crippen LogP contribution in [0.1, 0.15) is 19.6 Å². The minimum Gasteiger partial charge on any atom is -0.367 e. The van der Waals surface area contributed by atoms with Crippen molar-refractivity contribution in [1.29, 1.82) is 0 Å². The first-order chi connectivity index (χ1) is 15.6. The molecular weight excluding hydrogens is 431 g/mol. The highest BCUT2D eigenvalue weighted by molar-refractivity contribution is 7.15. The normalized spacial score (nSPS) is 14.2.